The number of hydrogen-bond donors (Lipinski definition) is 1. The molecule has 0 radical (unpaired) electrons. The van der Waals surface area contributed by atoms with Crippen molar-refractivity contribution >= 4 is 5.91 Å². The summed E-state index contributed by atoms with van der Waals surface area (Å²) in [7, 11) is 0. The normalized spacial score (nSPS) is 13.8. The van der Waals surface area contributed by atoms with Gasteiger partial charge >= 0.3 is 0 Å². The van der Waals surface area contributed by atoms with E-state index >= 15 is 0 Å². The number of rotatable bonds is 7. The fourth-order valence-corrected chi connectivity index (χ4v) is 2.20. The first-order chi connectivity index (χ1) is 9.46. The summed E-state index contributed by atoms with van der Waals surface area (Å²) in [6, 6.07) is 8.37. The van der Waals surface area contributed by atoms with Crippen molar-refractivity contribution in [1.82, 2.24) is 4.90 Å². The zero-order valence-corrected chi connectivity index (χ0v) is 13.3. The van der Waals surface area contributed by atoms with E-state index in [4.69, 9.17) is 5.73 Å². The molecule has 3 heteroatoms. The van der Waals surface area contributed by atoms with Crippen LogP contribution in [0.1, 0.15) is 44.7 Å². The largest absolute Gasteiger partial charge is 0.338 e. The Hall–Kier alpha value is -1.35. The predicted octanol–water partition coefficient (Wildman–Crippen LogP) is 3.11. The van der Waals surface area contributed by atoms with Gasteiger partial charge in [-0.25, -0.2) is 0 Å². The Balaban J connectivity index is 2.88. The Bertz CT molecular complexity index is 421. The molecule has 0 saturated carbocycles. The molecule has 1 unspecified atom stereocenters. The molecule has 0 fully saturated rings. The van der Waals surface area contributed by atoms with Crippen LogP contribution in [0.4, 0.5) is 0 Å². The molecule has 1 amide bonds. The second-order valence-corrected chi connectivity index (χ2v) is 5.83. The first-order valence-corrected chi connectivity index (χ1v) is 7.51. The van der Waals surface area contributed by atoms with E-state index in [1.807, 2.05) is 18.7 Å². The molecule has 112 valence electrons. The average molecular weight is 276 g/mol. The summed E-state index contributed by atoms with van der Waals surface area (Å²) in [4.78, 5) is 14.7. The summed E-state index contributed by atoms with van der Waals surface area (Å²) in [5, 5.41) is 0. The Morgan fingerprint density at radius 1 is 1.25 bits per heavy atom. The molecular formula is C17H28N2O. The Morgan fingerprint density at radius 3 is 2.30 bits per heavy atom. The molecule has 0 bridgehead atoms. The molecule has 0 spiro atoms. The van der Waals surface area contributed by atoms with Gasteiger partial charge in [-0.15, -0.1) is 0 Å². The third-order valence-electron chi connectivity index (χ3n) is 4.02. The van der Waals surface area contributed by atoms with Crippen molar-refractivity contribution in [1.29, 1.82) is 0 Å². The summed E-state index contributed by atoms with van der Waals surface area (Å²) in [6.45, 7) is 10.0. The van der Waals surface area contributed by atoms with Crippen molar-refractivity contribution in [2.75, 3.05) is 13.1 Å². The summed E-state index contributed by atoms with van der Waals surface area (Å²) in [5.74, 6) is 0.171. The molecule has 0 heterocycles. The van der Waals surface area contributed by atoms with Crippen molar-refractivity contribution in [3.63, 3.8) is 0 Å². The van der Waals surface area contributed by atoms with Crippen molar-refractivity contribution in [2.45, 2.75) is 47.1 Å². The Kier molecular flexibility index (Phi) is 6.21. The van der Waals surface area contributed by atoms with Crippen LogP contribution >= 0.6 is 0 Å². The van der Waals surface area contributed by atoms with Crippen LogP contribution in [0.15, 0.2) is 24.3 Å². The molecule has 0 aliphatic rings. The summed E-state index contributed by atoms with van der Waals surface area (Å²) in [5.41, 5.74) is 7.79. The lowest BCUT2D eigenvalue weighted by atomic mass is 9.86. The van der Waals surface area contributed by atoms with Gasteiger partial charge < -0.3 is 10.6 Å². The van der Waals surface area contributed by atoms with Crippen LogP contribution in [0.2, 0.25) is 0 Å². The number of hydrogen-bond acceptors (Lipinski definition) is 2. The van der Waals surface area contributed by atoms with Gasteiger partial charge in [0.15, 0.2) is 0 Å². The predicted molar refractivity (Wildman–Crippen MR) is 84.3 cm³/mol. The molecule has 20 heavy (non-hydrogen) atoms. The third kappa shape index (κ3) is 4.07. The highest BCUT2D eigenvalue weighted by Crippen LogP contribution is 2.24. The minimum atomic E-state index is -0.445. The lowest BCUT2D eigenvalue weighted by molar-refractivity contribution is -0.141. The maximum atomic E-state index is 12.7. The molecule has 0 aromatic heterocycles. The average Bonchev–Trinajstić information content (AvgIpc) is 2.47. The molecule has 0 aliphatic heterocycles. The summed E-state index contributed by atoms with van der Waals surface area (Å²) >= 11 is 0. The molecular weight excluding hydrogens is 248 g/mol. The fourth-order valence-electron chi connectivity index (χ4n) is 2.20. The van der Waals surface area contributed by atoms with Crippen LogP contribution < -0.4 is 5.73 Å². The lowest BCUT2D eigenvalue weighted by Crippen LogP contribution is -2.46. The van der Waals surface area contributed by atoms with E-state index in [1.165, 1.54) is 11.1 Å². The van der Waals surface area contributed by atoms with Crippen molar-refractivity contribution in [3.05, 3.63) is 35.4 Å². The smallest absolute Gasteiger partial charge is 0.230 e. The second kappa shape index (κ2) is 7.44. The van der Waals surface area contributed by atoms with Crippen LogP contribution in [0.3, 0.4) is 0 Å². The molecule has 1 aromatic rings. The number of nitrogens with two attached hydrogens (primary N) is 1. The van der Waals surface area contributed by atoms with Crippen LogP contribution in [-0.4, -0.2) is 23.9 Å². The van der Waals surface area contributed by atoms with Gasteiger partial charge in [-0.1, -0.05) is 43.7 Å². The second-order valence-electron chi connectivity index (χ2n) is 5.83. The summed E-state index contributed by atoms with van der Waals surface area (Å²) < 4.78 is 0. The molecule has 1 atom stereocenters. The molecule has 3 nitrogen and oxygen atoms in total. The van der Waals surface area contributed by atoms with Crippen molar-refractivity contribution < 1.29 is 4.79 Å². The minimum Gasteiger partial charge on any atom is -0.338 e. The van der Waals surface area contributed by atoms with Crippen LogP contribution in [0.25, 0.3) is 0 Å². The first kappa shape index (κ1) is 16.7. The zero-order chi connectivity index (χ0) is 15.2. The van der Waals surface area contributed by atoms with Gasteiger partial charge in [-0.05, 0) is 32.3 Å². The summed E-state index contributed by atoms with van der Waals surface area (Å²) in [6.07, 6.45) is 1.73. The Morgan fingerprint density at radius 2 is 1.85 bits per heavy atom. The number of benzene rings is 1. The van der Waals surface area contributed by atoms with E-state index in [-0.39, 0.29) is 5.91 Å². The van der Waals surface area contributed by atoms with E-state index in [2.05, 4.69) is 38.1 Å². The number of nitrogens with zero attached hydrogens (tertiary/aromatic N) is 1. The number of amides is 1. The first-order valence-electron chi connectivity index (χ1n) is 7.51. The Labute approximate surface area is 123 Å². The fraction of sp³-hybridized carbons (Fsp3) is 0.588. The van der Waals surface area contributed by atoms with Gasteiger partial charge in [0.2, 0.25) is 5.91 Å². The lowest BCUT2D eigenvalue weighted by Gasteiger charge is -2.33. The van der Waals surface area contributed by atoms with Crippen molar-refractivity contribution in [3.8, 4) is 0 Å². The van der Waals surface area contributed by atoms with Crippen LogP contribution in [0, 0.1) is 12.3 Å². The maximum absolute atomic E-state index is 12.7. The van der Waals surface area contributed by atoms with Gasteiger partial charge in [0.1, 0.15) is 0 Å². The molecule has 1 aromatic carbocycles. The van der Waals surface area contributed by atoms with Gasteiger partial charge in [0, 0.05) is 19.6 Å². The van der Waals surface area contributed by atoms with E-state index in [0.717, 1.165) is 19.4 Å². The van der Waals surface area contributed by atoms with Crippen LogP contribution in [0.5, 0.6) is 0 Å². The van der Waals surface area contributed by atoms with E-state index in [1.54, 1.807) is 0 Å². The molecule has 1 rings (SSSR count). The van der Waals surface area contributed by atoms with Crippen molar-refractivity contribution in [2.24, 2.45) is 11.1 Å². The van der Waals surface area contributed by atoms with Gasteiger partial charge in [-0.3, -0.25) is 4.79 Å². The SMILES string of the molecule is CCCN(Cc1ccc(C)cc1)C(=O)C(C)(CC)CN. The number of aryl methyl sites for hydroxylation is 1. The minimum absolute atomic E-state index is 0.171. The topological polar surface area (TPSA) is 46.3 Å². The highest BCUT2D eigenvalue weighted by molar-refractivity contribution is 5.82. The molecule has 0 aliphatic carbocycles. The van der Waals surface area contributed by atoms with Gasteiger partial charge in [0.25, 0.3) is 0 Å². The van der Waals surface area contributed by atoms with E-state index in [0.29, 0.717) is 13.1 Å². The maximum Gasteiger partial charge on any atom is 0.230 e. The van der Waals surface area contributed by atoms with Gasteiger partial charge in [0.05, 0.1) is 5.41 Å². The highest BCUT2D eigenvalue weighted by Gasteiger charge is 2.33. The van der Waals surface area contributed by atoms with Gasteiger partial charge in [-0.2, -0.15) is 0 Å². The molecule has 0 saturated heterocycles. The number of carbonyl (C=O) groups is 1. The monoisotopic (exact) mass is 276 g/mol. The van der Waals surface area contributed by atoms with E-state index < -0.39 is 5.41 Å². The number of carbonyl (C=O) groups excluding carboxylic acids is 1. The zero-order valence-electron chi connectivity index (χ0n) is 13.3. The standard InChI is InChI=1S/C17H28N2O/c1-5-11-19(16(20)17(4,6-2)13-18)12-15-9-7-14(3)8-10-15/h7-10H,5-6,11-13,18H2,1-4H3. The van der Waals surface area contributed by atoms with Crippen LogP contribution in [-0.2, 0) is 11.3 Å². The highest BCUT2D eigenvalue weighted by atomic mass is 16.2. The third-order valence-corrected chi connectivity index (χ3v) is 4.02. The van der Waals surface area contributed by atoms with E-state index in [9.17, 15) is 4.79 Å². The quantitative estimate of drug-likeness (QED) is 0.831. The molecule has 2 N–H and O–H groups in total.